The minimum Gasteiger partial charge on any atom is -0.368 e. The molecule has 0 saturated carbocycles. The van der Waals surface area contributed by atoms with Crippen molar-refractivity contribution in [3.63, 3.8) is 0 Å². The van der Waals surface area contributed by atoms with Crippen molar-refractivity contribution in [2.24, 2.45) is 10.7 Å². The van der Waals surface area contributed by atoms with Crippen LogP contribution in [0.1, 0.15) is 11.4 Å². The molecule has 2 rings (SSSR count). The summed E-state index contributed by atoms with van der Waals surface area (Å²) >= 11 is 5.22. The fourth-order valence-corrected chi connectivity index (χ4v) is 3.28. The molecule has 1 heterocycles. The highest BCUT2D eigenvalue weighted by molar-refractivity contribution is 7.83. The van der Waals surface area contributed by atoms with E-state index in [0.29, 0.717) is 23.7 Å². The SMILES string of the molecule is C#CCOCCNS(=O)c1ccc(NC(=S)/N=C(\N)n2nc(C)cc2C)cc1. The number of aromatic nitrogens is 2. The molecule has 2 aromatic rings. The number of thiocarbonyl (C=S) groups is 1. The maximum Gasteiger partial charge on any atom is 0.224 e. The van der Waals surface area contributed by atoms with Crippen molar-refractivity contribution in [3.05, 3.63) is 41.7 Å². The second kappa shape index (κ2) is 10.7. The Hall–Kier alpha value is -2.58. The monoisotopic (exact) mass is 418 g/mol. The molecule has 0 amide bonds. The summed E-state index contributed by atoms with van der Waals surface area (Å²) in [5, 5.41) is 7.42. The van der Waals surface area contributed by atoms with Gasteiger partial charge in [-0.2, -0.15) is 10.1 Å². The van der Waals surface area contributed by atoms with Crippen molar-refractivity contribution in [1.82, 2.24) is 14.5 Å². The normalized spacial score (nSPS) is 12.4. The highest BCUT2D eigenvalue weighted by Crippen LogP contribution is 2.12. The van der Waals surface area contributed by atoms with Crippen LogP contribution in [0.2, 0.25) is 0 Å². The Morgan fingerprint density at radius 2 is 2.14 bits per heavy atom. The Balaban J connectivity index is 1.90. The molecule has 0 aliphatic carbocycles. The van der Waals surface area contributed by atoms with Gasteiger partial charge < -0.3 is 15.8 Å². The molecule has 1 aromatic carbocycles. The van der Waals surface area contributed by atoms with Gasteiger partial charge in [0, 0.05) is 17.9 Å². The molecule has 0 aliphatic rings. The van der Waals surface area contributed by atoms with Crippen LogP contribution in [0.3, 0.4) is 0 Å². The number of hydrogen-bond donors (Lipinski definition) is 3. The predicted octanol–water partition coefficient (Wildman–Crippen LogP) is 1.32. The van der Waals surface area contributed by atoms with Gasteiger partial charge in [0.05, 0.1) is 17.2 Å². The molecule has 0 aliphatic heterocycles. The second-order valence-electron chi connectivity index (χ2n) is 5.68. The quantitative estimate of drug-likeness (QED) is 0.206. The summed E-state index contributed by atoms with van der Waals surface area (Å²) in [6.07, 6.45) is 5.08. The largest absolute Gasteiger partial charge is 0.368 e. The number of anilines is 1. The molecular formula is C18H22N6O2S2. The highest BCUT2D eigenvalue weighted by Gasteiger charge is 2.07. The molecule has 4 N–H and O–H groups in total. The number of nitrogens with two attached hydrogens (primary N) is 1. The number of nitrogens with zero attached hydrogens (tertiary/aromatic N) is 3. The summed E-state index contributed by atoms with van der Waals surface area (Å²) in [7, 11) is -1.35. The van der Waals surface area contributed by atoms with Crippen LogP contribution in [0, 0.1) is 26.2 Å². The van der Waals surface area contributed by atoms with E-state index >= 15 is 0 Å². The molecule has 28 heavy (non-hydrogen) atoms. The van der Waals surface area contributed by atoms with E-state index in [0.717, 1.165) is 11.4 Å². The molecule has 8 nitrogen and oxygen atoms in total. The van der Waals surface area contributed by atoms with E-state index in [-0.39, 0.29) is 17.7 Å². The molecule has 1 atom stereocenters. The van der Waals surface area contributed by atoms with E-state index in [1.807, 2.05) is 19.9 Å². The number of terminal acetylenes is 1. The van der Waals surface area contributed by atoms with Gasteiger partial charge in [-0.3, -0.25) is 0 Å². The Bertz CT molecular complexity index is 915. The van der Waals surface area contributed by atoms with Crippen molar-refractivity contribution in [2.75, 3.05) is 25.1 Å². The Morgan fingerprint density at radius 3 is 2.75 bits per heavy atom. The fraction of sp³-hybridized carbons (Fsp3) is 0.278. The van der Waals surface area contributed by atoms with Gasteiger partial charge in [0.25, 0.3) is 0 Å². The first kappa shape index (κ1) is 21.7. The number of aryl methyl sites for hydroxylation is 2. The average molecular weight is 419 g/mol. The van der Waals surface area contributed by atoms with Crippen LogP contribution in [0.4, 0.5) is 5.69 Å². The summed E-state index contributed by atoms with van der Waals surface area (Å²) in [5.74, 6) is 2.55. The lowest BCUT2D eigenvalue weighted by Gasteiger charge is -2.08. The smallest absolute Gasteiger partial charge is 0.224 e. The summed E-state index contributed by atoms with van der Waals surface area (Å²) in [6, 6.07) is 8.86. The lowest BCUT2D eigenvalue weighted by molar-refractivity contribution is 0.173. The first-order valence-electron chi connectivity index (χ1n) is 8.36. The van der Waals surface area contributed by atoms with Gasteiger partial charge in [0.1, 0.15) is 17.6 Å². The third-order valence-corrected chi connectivity index (χ3v) is 4.79. The number of benzene rings is 1. The summed E-state index contributed by atoms with van der Waals surface area (Å²) in [4.78, 5) is 4.78. The molecule has 0 radical (unpaired) electrons. The highest BCUT2D eigenvalue weighted by atomic mass is 32.2. The van der Waals surface area contributed by atoms with E-state index in [4.69, 9.17) is 29.1 Å². The van der Waals surface area contributed by atoms with Crippen molar-refractivity contribution < 1.29 is 8.95 Å². The van der Waals surface area contributed by atoms with Crippen LogP contribution in [0.5, 0.6) is 0 Å². The van der Waals surface area contributed by atoms with E-state index in [9.17, 15) is 4.21 Å². The van der Waals surface area contributed by atoms with Crippen molar-refractivity contribution in [1.29, 1.82) is 0 Å². The third kappa shape index (κ3) is 6.54. The van der Waals surface area contributed by atoms with Gasteiger partial charge in [0.2, 0.25) is 11.1 Å². The summed E-state index contributed by atoms with van der Waals surface area (Å²) < 4.78 is 21.7. The third-order valence-electron chi connectivity index (χ3n) is 3.43. The van der Waals surface area contributed by atoms with Crippen LogP contribution < -0.4 is 15.8 Å². The zero-order chi connectivity index (χ0) is 20.5. The number of ether oxygens (including phenoxy) is 1. The molecule has 0 bridgehead atoms. The van der Waals surface area contributed by atoms with Crippen molar-refractivity contribution >= 4 is 40.0 Å². The van der Waals surface area contributed by atoms with E-state index in [1.165, 1.54) is 4.68 Å². The molecule has 0 saturated heterocycles. The predicted molar refractivity (Wildman–Crippen MR) is 115 cm³/mol. The van der Waals surface area contributed by atoms with E-state index in [2.05, 4.69) is 26.1 Å². The average Bonchev–Trinajstić information content (AvgIpc) is 3.00. The maximum absolute atomic E-state index is 12.2. The topological polar surface area (TPSA) is 107 Å². The van der Waals surface area contributed by atoms with E-state index in [1.54, 1.807) is 24.3 Å². The Morgan fingerprint density at radius 1 is 1.43 bits per heavy atom. The standard InChI is InChI=1S/C18H22N6O2S2/c1-4-10-26-11-9-20-28(25)16-7-5-15(6-8-16)21-18(27)22-17(19)24-14(3)12-13(2)23-24/h1,5-8,12,20H,9-11H2,2-3H3,(H3,19,21,22,27). The fourth-order valence-electron chi connectivity index (χ4n) is 2.25. The molecule has 1 aromatic heterocycles. The van der Waals surface area contributed by atoms with Crippen molar-refractivity contribution in [2.45, 2.75) is 18.7 Å². The van der Waals surface area contributed by atoms with Gasteiger partial charge in [0.15, 0.2) is 0 Å². The maximum atomic E-state index is 12.2. The molecule has 148 valence electrons. The zero-order valence-corrected chi connectivity index (χ0v) is 17.3. The van der Waals surface area contributed by atoms with Gasteiger partial charge in [-0.25, -0.2) is 13.6 Å². The van der Waals surface area contributed by atoms with Gasteiger partial charge in [-0.05, 0) is 56.4 Å². The number of nitrogens with one attached hydrogen (secondary N) is 2. The minimum atomic E-state index is -1.35. The van der Waals surface area contributed by atoms with Crippen molar-refractivity contribution in [3.8, 4) is 12.3 Å². The first-order chi connectivity index (χ1) is 13.4. The van der Waals surface area contributed by atoms with Crippen LogP contribution in [-0.2, 0) is 15.7 Å². The van der Waals surface area contributed by atoms with Crippen LogP contribution in [-0.4, -0.2) is 44.8 Å². The number of aliphatic imine (C=N–C) groups is 1. The number of rotatable bonds is 7. The second-order valence-corrected chi connectivity index (χ2v) is 7.37. The van der Waals surface area contributed by atoms with Gasteiger partial charge in [-0.15, -0.1) is 6.42 Å². The van der Waals surface area contributed by atoms with Crippen LogP contribution >= 0.6 is 12.2 Å². The number of hydrogen-bond acceptors (Lipinski definition) is 4. The van der Waals surface area contributed by atoms with Crippen LogP contribution in [0.15, 0.2) is 40.2 Å². The first-order valence-corrected chi connectivity index (χ1v) is 9.92. The minimum absolute atomic E-state index is 0.178. The molecule has 1 unspecified atom stereocenters. The van der Waals surface area contributed by atoms with Crippen LogP contribution in [0.25, 0.3) is 0 Å². The summed E-state index contributed by atoms with van der Waals surface area (Å²) in [6.45, 7) is 4.81. The summed E-state index contributed by atoms with van der Waals surface area (Å²) in [5.41, 5.74) is 8.37. The van der Waals surface area contributed by atoms with Gasteiger partial charge in [-0.1, -0.05) is 5.92 Å². The lowest BCUT2D eigenvalue weighted by Crippen LogP contribution is -2.27. The van der Waals surface area contributed by atoms with Gasteiger partial charge >= 0.3 is 0 Å². The van der Waals surface area contributed by atoms with E-state index < -0.39 is 11.0 Å². The Labute approximate surface area is 172 Å². The lowest BCUT2D eigenvalue weighted by atomic mass is 10.3. The molecule has 10 heteroatoms. The molecule has 0 fully saturated rings. The molecule has 0 spiro atoms. The molecular weight excluding hydrogens is 396 g/mol. The Kier molecular flexibility index (Phi) is 8.28. The zero-order valence-electron chi connectivity index (χ0n) is 15.6.